The van der Waals surface area contributed by atoms with Crippen molar-refractivity contribution < 1.29 is 9.21 Å². The minimum Gasteiger partial charge on any atom is -0.451 e. The first-order valence-electron chi connectivity index (χ1n) is 7.29. The molecule has 2 N–H and O–H groups in total. The molecule has 1 fully saturated rings. The van der Waals surface area contributed by atoms with E-state index >= 15 is 0 Å². The second kappa shape index (κ2) is 5.25. The van der Waals surface area contributed by atoms with E-state index in [1.807, 2.05) is 24.3 Å². The van der Waals surface area contributed by atoms with E-state index in [2.05, 4.69) is 25.9 Å². The number of rotatable bonds is 4. The van der Waals surface area contributed by atoms with Gasteiger partial charge in [0, 0.05) is 17.8 Å². The maximum atomic E-state index is 12.2. The lowest BCUT2D eigenvalue weighted by Gasteiger charge is -2.34. The quantitative estimate of drug-likeness (QED) is 0.764. The third-order valence-corrected chi connectivity index (χ3v) is 4.08. The minimum absolute atomic E-state index is 0.154. The van der Waals surface area contributed by atoms with Crippen LogP contribution in [-0.2, 0) is 6.42 Å². The van der Waals surface area contributed by atoms with Gasteiger partial charge < -0.3 is 9.73 Å². The first-order valence-corrected chi connectivity index (χ1v) is 7.29. The number of aromatic nitrogens is 4. The lowest BCUT2D eigenvalue weighted by Crippen LogP contribution is -2.44. The highest BCUT2D eigenvalue weighted by Gasteiger charge is 2.32. The molecule has 0 spiro atoms. The molecule has 3 aromatic rings. The molecule has 1 saturated carbocycles. The van der Waals surface area contributed by atoms with Gasteiger partial charge >= 0.3 is 0 Å². The molecule has 112 valence electrons. The Hall–Kier alpha value is -2.70. The summed E-state index contributed by atoms with van der Waals surface area (Å²) in [5, 5.41) is 17.8. The number of hydrogen-bond acceptors (Lipinski definition) is 5. The van der Waals surface area contributed by atoms with Gasteiger partial charge in [-0.15, -0.1) is 10.2 Å². The molecule has 4 rings (SSSR count). The van der Waals surface area contributed by atoms with Crippen LogP contribution in [0.15, 0.2) is 34.7 Å². The van der Waals surface area contributed by atoms with Gasteiger partial charge in [-0.2, -0.15) is 5.21 Å². The number of fused-ring (bicyclic) bond motifs is 1. The Morgan fingerprint density at radius 3 is 3.00 bits per heavy atom. The van der Waals surface area contributed by atoms with Gasteiger partial charge in [-0.3, -0.25) is 4.79 Å². The molecule has 7 nitrogen and oxygen atoms in total. The van der Waals surface area contributed by atoms with E-state index in [1.165, 1.54) is 0 Å². The molecule has 1 aliphatic carbocycles. The zero-order valence-electron chi connectivity index (χ0n) is 11.8. The highest BCUT2D eigenvalue weighted by Crippen LogP contribution is 2.30. The average molecular weight is 297 g/mol. The molecule has 0 radical (unpaired) electrons. The summed E-state index contributed by atoms with van der Waals surface area (Å²) in [5.74, 6) is 1.44. The number of furan rings is 1. The summed E-state index contributed by atoms with van der Waals surface area (Å²) < 4.78 is 5.57. The van der Waals surface area contributed by atoms with Gasteiger partial charge in [0.05, 0.1) is 0 Å². The zero-order chi connectivity index (χ0) is 14.9. The van der Waals surface area contributed by atoms with Crippen LogP contribution in [0, 0.1) is 5.92 Å². The van der Waals surface area contributed by atoms with E-state index in [4.69, 9.17) is 4.42 Å². The molecule has 0 aliphatic heterocycles. The van der Waals surface area contributed by atoms with Crippen LogP contribution >= 0.6 is 0 Å². The van der Waals surface area contributed by atoms with Crippen LogP contribution < -0.4 is 5.32 Å². The maximum Gasteiger partial charge on any atom is 0.287 e. The number of amides is 1. The fourth-order valence-corrected chi connectivity index (χ4v) is 2.90. The van der Waals surface area contributed by atoms with E-state index in [-0.39, 0.29) is 11.9 Å². The molecule has 0 atom stereocenters. The first kappa shape index (κ1) is 13.0. The Kier molecular flexibility index (Phi) is 3.10. The third kappa shape index (κ3) is 2.45. The summed E-state index contributed by atoms with van der Waals surface area (Å²) in [6, 6.07) is 9.57. The van der Waals surface area contributed by atoms with Gasteiger partial charge in [-0.25, -0.2) is 0 Å². The van der Waals surface area contributed by atoms with Gasteiger partial charge in [-0.1, -0.05) is 23.4 Å². The predicted molar refractivity (Wildman–Crippen MR) is 78.1 cm³/mol. The van der Waals surface area contributed by atoms with E-state index < -0.39 is 0 Å². The van der Waals surface area contributed by atoms with Crippen molar-refractivity contribution in [3.8, 4) is 0 Å². The van der Waals surface area contributed by atoms with E-state index in [0.717, 1.165) is 36.1 Å². The monoisotopic (exact) mass is 297 g/mol. The van der Waals surface area contributed by atoms with Crippen molar-refractivity contribution in [2.45, 2.75) is 25.3 Å². The number of carbonyl (C=O) groups excluding carboxylic acids is 1. The second-order valence-electron chi connectivity index (χ2n) is 5.69. The standard InChI is InChI=1S/C15H15N5O2/c21-15(13-8-10-3-1-2-4-12(10)22-13)16-11-5-9(6-11)7-14-17-19-20-18-14/h1-4,8-9,11H,5-7H2,(H,16,21)(H,17,18,19,20). The summed E-state index contributed by atoms with van der Waals surface area (Å²) >= 11 is 0. The highest BCUT2D eigenvalue weighted by atomic mass is 16.3. The number of carbonyl (C=O) groups is 1. The van der Waals surface area contributed by atoms with Crippen molar-refractivity contribution in [3.63, 3.8) is 0 Å². The van der Waals surface area contributed by atoms with Crippen molar-refractivity contribution in [2.75, 3.05) is 0 Å². The molecule has 2 aromatic heterocycles. The van der Waals surface area contributed by atoms with Crippen molar-refractivity contribution in [1.82, 2.24) is 25.9 Å². The Balaban J connectivity index is 1.33. The smallest absolute Gasteiger partial charge is 0.287 e. The normalized spacial score (nSPS) is 20.7. The SMILES string of the molecule is O=C(NC1CC(Cc2nn[nH]n2)C1)c1cc2ccccc2o1. The molecule has 1 amide bonds. The molecular weight excluding hydrogens is 282 g/mol. The van der Waals surface area contributed by atoms with Crippen LogP contribution in [0.25, 0.3) is 11.0 Å². The number of nitrogens with one attached hydrogen (secondary N) is 2. The van der Waals surface area contributed by atoms with Gasteiger partial charge in [0.2, 0.25) is 0 Å². The van der Waals surface area contributed by atoms with E-state index in [1.54, 1.807) is 6.07 Å². The lowest BCUT2D eigenvalue weighted by molar-refractivity contribution is 0.0863. The fourth-order valence-electron chi connectivity index (χ4n) is 2.90. The molecule has 0 saturated heterocycles. The Morgan fingerprint density at radius 1 is 1.36 bits per heavy atom. The van der Waals surface area contributed by atoms with Crippen LogP contribution in [-0.4, -0.2) is 32.6 Å². The van der Waals surface area contributed by atoms with Crippen LogP contribution in [0.4, 0.5) is 0 Å². The molecule has 0 unspecified atom stereocenters. The summed E-state index contributed by atoms with van der Waals surface area (Å²) in [7, 11) is 0. The topological polar surface area (TPSA) is 96.7 Å². The number of tetrazole rings is 1. The summed E-state index contributed by atoms with van der Waals surface area (Å²) in [5.41, 5.74) is 0.733. The van der Waals surface area contributed by atoms with Gasteiger partial charge in [0.1, 0.15) is 5.58 Å². The highest BCUT2D eigenvalue weighted by molar-refractivity contribution is 5.96. The molecule has 22 heavy (non-hydrogen) atoms. The number of nitrogens with zero attached hydrogens (tertiary/aromatic N) is 3. The second-order valence-corrected chi connectivity index (χ2v) is 5.69. The van der Waals surface area contributed by atoms with Crippen LogP contribution in [0.5, 0.6) is 0 Å². The minimum atomic E-state index is -0.154. The Morgan fingerprint density at radius 2 is 2.23 bits per heavy atom. The number of benzene rings is 1. The van der Waals surface area contributed by atoms with Crippen molar-refractivity contribution >= 4 is 16.9 Å². The van der Waals surface area contributed by atoms with Gasteiger partial charge in [0.25, 0.3) is 5.91 Å². The largest absolute Gasteiger partial charge is 0.451 e. The van der Waals surface area contributed by atoms with Crippen LogP contribution in [0.2, 0.25) is 0 Å². The third-order valence-electron chi connectivity index (χ3n) is 4.08. The number of hydrogen-bond donors (Lipinski definition) is 2. The molecule has 1 aromatic carbocycles. The van der Waals surface area contributed by atoms with Gasteiger partial charge in [-0.05, 0) is 30.9 Å². The molecule has 7 heteroatoms. The molecule has 0 bridgehead atoms. The van der Waals surface area contributed by atoms with Crippen molar-refractivity contribution in [3.05, 3.63) is 41.9 Å². The average Bonchev–Trinajstić information content (AvgIpc) is 3.13. The summed E-state index contributed by atoms with van der Waals surface area (Å²) in [6.45, 7) is 0. The predicted octanol–water partition coefficient (Wildman–Crippen LogP) is 1.70. The molecular formula is C15H15N5O2. The lowest BCUT2D eigenvalue weighted by atomic mass is 9.78. The number of H-pyrrole nitrogens is 1. The summed E-state index contributed by atoms with van der Waals surface area (Å²) in [6.07, 6.45) is 2.66. The summed E-state index contributed by atoms with van der Waals surface area (Å²) in [4.78, 5) is 12.2. The van der Waals surface area contributed by atoms with Crippen molar-refractivity contribution in [1.29, 1.82) is 0 Å². The molecule has 2 heterocycles. The van der Waals surface area contributed by atoms with Crippen LogP contribution in [0.3, 0.4) is 0 Å². The maximum absolute atomic E-state index is 12.2. The van der Waals surface area contributed by atoms with Crippen LogP contribution in [0.1, 0.15) is 29.2 Å². The fraction of sp³-hybridized carbons (Fsp3) is 0.333. The van der Waals surface area contributed by atoms with E-state index in [0.29, 0.717) is 11.7 Å². The number of aromatic amines is 1. The Labute approximate surface area is 126 Å². The number of para-hydroxylation sites is 1. The van der Waals surface area contributed by atoms with Gasteiger partial charge in [0.15, 0.2) is 11.6 Å². The van der Waals surface area contributed by atoms with E-state index in [9.17, 15) is 4.79 Å². The van der Waals surface area contributed by atoms with Crippen molar-refractivity contribution in [2.24, 2.45) is 5.92 Å². The Bertz CT molecular complexity index is 756. The first-order chi connectivity index (χ1) is 10.8. The zero-order valence-corrected chi connectivity index (χ0v) is 11.8. The molecule has 1 aliphatic rings.